The lowest BCUT2D eigenvalue weighted by Gasteiger charge is -2.36. The van der Waals surface area contributed by atoms with Crippen molar-refractivity contribution < 1.29 is 22.7 Å². The van der Waals surface area contributed by atoms with Gasteiger partial charge in [0, 0.05) is 37.4 Å². The lowest BCUT2D eigenvalue weighted by atomic mass is 10.1. The first-order chi connectivity index (χ1) is 13.7. The summed E-state index contributed by atoms with van der Waals surface area (Å²) < 4.78 is 44.4. The molecule has 29 heavy (non-hydrogen) atoms. The fourth-order valence-corrected chi connectivity index (χ4v) is 3.19. The molecule has 0 atom stereocenters. The number of hydrogen-bond acceptors (Lipinski definition) is 3. The van der Waals surface area contributed by atoms with Gasteiger partial charge in [-0.2, -0.15) is 13.2 Å². The number of hydrogen-bond donors (Lipinski definition) is 0. The van der Waals surface area contributed by atoms with Gasteiger partial charge in [0.2, 0.25) is 0 Å². The fraction of sp³-hybridized carbons (Fsp3) is 0.409. The minimum Gasteiger partial charge on any atom is -0.493 e. The number of carbonyl (C=O) groups is 1. The molecule has 0 radical (unpaired) electrons. The summed E-state index contributed by atoms with van der Waals surface area (Å²) in [5, 5.41) is 0. The molecule has 0 bridgehead atoms. The predicted molar refractivity (Wildman–Crippen MR) is 106 cm³/mol. The molecule has 0 N–H and O–H groups in total. The van der Waals surface area contributed by atoms with Crippen LogP contribution in [-0.4, -0.2) is 43.6 Å². The molecular formula is C22H25F3N2O2. The van der Waals surface area contributed by atoms with Crippen LogP contribution in [0.25, 0.3) is 0 Å². The number of ether oxygens (including phenoxy) is 1. The molecule has 1 aliphatic rings. The van der Waals surface area contributed by atoms with E-state index in [1.165, 1.54) is 6.07 Å². The smallest absolute Gasteiger partial charge is 0.416 e. The highest BCUT2D eigenvalue weighted by Crippen LogP contribution is 2.32. The van der Waals surface area contributed by atoms with E-state index in [0.717, 1.165) is 17.9 Å². The first kappa shape index (κ1) is 21.0. The van der Waals surface area contributed by atoms with Crippen LogP contribution in [0.4, 0.5) is 18.9 Å². The van der Waals surface area contributed by atoms with Crippen LogP contribution in [0.2, 0.25) is 0 Å². The third kappa shape index (κ3) is 5.43. The topological polar surface area (TPSA) is 32.8 Å². The summed E-state index contributed by atoms with van der Waals surface area (Å²) in [5.41, 5.74) is 0.446. The Morgan fingerprint density at radius 2 is 1.69 bits per heavy atom. The molecule has 1 fully saturated rings. The van der Waals surface area contributed by atoms with E-state index < -0.39 is 11.7 Å². The van der Waals surface area contributed by atoms with E-state index in [1.807, 2.05) is 4.90 Å². The molecule has 1 saturated heterocycles. The van der Waals surface area contributed by atoms with Crippen LogP contribution in [0.1, 0.15) is 29.8 Å². The van der Waals surface area contributed by atoms with Crippen molar-refractivity contribution in [3.63, 3.8) is 0 Å². The maximum Gasteiger partial charge on any atom is 0.416 e. The number of nitrogens with zero attached hydrogens (tertiary/aromatic N) is 2. The normalized spacial score (nSPS) is 15.0. The summed E-state index contributed by atoms with van der Waals surface area (Å²) >= 11 is 0. The first-order valence-corrected chi connectivity index (χ1v) is 9.68. The second-order valence-electron chi connectivity index (χ2n) is 7.56. The molecule has 2 aromatic carbocycles. The molecule has 0 saturated carbocycles. The minimum atomic E-state index is -4.36. The number of piperazine rings is 1. The van der Waals surface area contributed by atoms with Crippen molar-refractivity contribution in [2.75, 3.05) is 37.7 Å². The largest absolute Gasteiger partial charge is 0.493 e. The highest BCUT2D eigenvalue weighted by molar-refractivity contribution is 5.94. The number of benzene rings is 2. The summed E-state index contributed by atoms with van der Waals surface area (Å²) in [5.74, 6) is 1.07. The number of amides is 1. The van der Waals surface area contributed by atoms with E-state index in [2.05, 4.69) is 13.8 Å². The van der Waals surface area contributed by atoms with Crippen LogP contribution in [0.5, 0.6) is 5.75 Å². The van der Waals surface area contributed by atoms with Gasteiger partial charge in [0.05, 0.1) is 12.2 Å². The Morgan fingerprint density at radius 3 is 2.28 bits per heavy atom. The van der Waals surface area contributed by atoms with Crippen LogP contribution in [0.15, 0.2) is 48.5 Å². The molecule has 1 aliphatic heterocycles. The molecule has 4 nitrogen and oxygen atoms in total. The summed E-state index contributed by atoms with van der Waals surface area (Å²) in [6, 6.07) is 12.4. The zero-order valence-corrected chi connectivity index (χ0v) is 16.6. The Morgan fingerprint density at radius 1 is 1.03 bits per heavy atom. The number of alkyl halides is 3. The van der Waals surface area contributed by atoms with Crippen LogP contribution in [-0.2, 0) is 6.18 Å². The molecule has 0 aliphatic carbocycles. The average Bonchev–Trinajstić information content (AvgIpc) is 2.72. The monoisotopic (exact) mass is 406 g/mol. The summed E-state index contributed by atoms with van der Waals surface area (Å²) in [7, 11) is 0. The van der Waals surface area contributed by atoms with Crippen molar-refractivity contribution >= 4 is 11.6 Å². The van der Waals surface area contributed by atoms with Gasteiger partial charge < -0.3 is 14.5 Å². The third-order valence-electron chi connectivity index (χ3n) is 4.79. The molecule has 1 amide bonds. The van der Waals surface area contributed by atoms with Gasteiger partial charge >= 0.3 is 6.18 Å². The fourth-order valence-electron chi connectivity index (χ4n) is 3.19. The second kappa shape index (κ2) is 8.76. The van der Waals surface area contributed by atoms with E-state index in [-0.39, 0.29) is 5.91 Å². The highest BCUT2D eigenvalue weighted by Gasteiger charge is 2.31. The van der Waals surface area contributed by atoms with Crippen LogP contribution in [0, 0.1) is 5.92 Å². The van der Waals surface area contributed by atoms with Crippen molar-refractivity contribution in [2.24, 2.45) is 5.92 Å². The zero-order valence-electron chi connectivity index (χ0n) is 16.6. The molecule has 156 valence electrons. The molecule has 0 unspecified atom stereocenters. The van der Waals surface area contributed by atoms with E-state index in [9.17, 15) is 18.0 Å². The van der Waals surface area contributed by atoms with Gasteiger partial charge in [-0.25, -0.2) is 0 Å². The van der Waals surface area contributed by atoms with Gasteiger partial charge in [-0.05, 0) is 48.4 Å². The standard InChI is InChI=1S/C22H25F3N2O2/c1-16(2)15-29-20-8-6-17(7-9-20)21(28)27-12-10-26(11-13-27)19-5-3-4-18(14-19)22(23,24)25/h3-9,14,16H,10-13,15H2,1-2H3. The lowest BCUT2D eigenvalue weighted by molar-refractivity contribution is -0.137. The quantitative estimate of drug-likeness (QED) is 0.722. The third-order valence-corrected chi connectivity index (χ3v) is 4.79. The van der Waals surface area contributed by atoms with Crippen molar-refractivity contribution in [3.05, 3.63) is 59.7 Å². The number of carbonyl (C=O) groups excluding carboxylic acids is 1. The predicted octanol–water partition coefficient (Wildman–Crippen LogP) is 4.70. The summed E-state index contributed by atoms with van der Waals surface area (Å²) in [4.78, 5) is 16.3. The van der Waals surface area contributed by atoms with E-state index in [4.69, 9.17) is 4.74 Å². The minimum absolute atomic E-state index is 0.0795. The van der Waals surface area contributed by atoms with Gasteiger partial charge in [0.1, 0.15) is 5.75 Å². The Kier molecular flexibility index (Phi) is 6.35. The van der Waals surface area contributed by atoms with Crippen molar-refractivity contribution in [3.8, 4) is 5.75 Å². The van der Waals surface area contributed by atoms with Crippen molar-refractivity contribution in [1.29, 1.82) is 0 Å². The Bertz CT molecular complexity index is 827. The van der Waals surface area contributed by atoms with Crippen LogP contribution < -0.4 is 9.64 Å². The molecule has 2 aromatic rings. The van der Waals surface area contributed by atoms with E-state index in [0.29, 0.717) is 50.0 Å². The highest BCUT2D eigenvalue weighted by atomic mass is 19.4. The van der Waals surface area contributed by atoms with Crippen LogP contribution in [0.3, 0.4) is 0 Å². The maximum atomic E-state index is 12.9. The van der Waals surface area contributed by atoms with Gasteiger partial charge in [-0.1, -0.05) is 19.9 Å². The number of halogens is 3. The lowest BCUT2D eigenvalue weighted by Crippen LogP contribution is -2.48. The Balaban J connectivity index is 1.58. The molecule has 0 aromatic heterocycles. The average molecular weight is 406 g/mol. The molecule has 3 rings (SSSR count). The van der Waals surface area contributed by atoms with E-state index in [1.54, 1.807) is 35.2 Å². The molecular weight excluding hydrogens is 381 g/mol. The second-order valence-corrected chi connectivity index (χ2v) is 7.56. The molecule has 0 spiro atoms. The Hall–Kier alpha value is -2.70. The first-order valence-electron chi connectivity index (χ1n) is 9.68. The van der Waals surface area contributed by atoms with Crippen molar-refractivity contribution in [1.82, 2.24) is 4.90 Å². The van der Waals surface area contributed by atoms with Gasteiger partial charge in [0.15, 0.2) is 0 Å². The molecule has 7 heteroatoms. The molecule has 1 heterocycles. The van der Waals surface area contributed by atoms with Crippen LogP contribution >= 0.6 is 0 Å². The van der Waals surface area contributed by atoms with Gasteiger partial charge in [-0.3, -0.25) is 4.79 Å². The van der Waals surface area contributed by atoms with Gasteiger partial charge in [-0.15, -0.1) is 0 Å². The van der Waals surface area contributed by atoms with E-state index >= 15 is 0 Å². The van der Waals surface area contributed by atoms with Crippen molar-refractivity contribution in [2.45, 2.75) is 20.0 Å². The summed E-state index contributed by atoms with van der Waals surface area (Å²) in [6.45, 7) is 6.64. The number of anilines is 1. The zero-order chi connectivity index (χ0) is 21.0. The number of rotatable bonds is 5. The summed E-state index contributed by atoms with van der Waals surface area (Å²) in [6.07, 6.45) is -4.36. The maximum absolute atomic E-state index is 12.9. The Labute approximate surface area is 168 Å². The van der Waals surface area contributed by atoms with Gasteiger partial charge in [0.25, 0.3) is 5.91 Å². The SMILES string of the molecule is CC(C)COc1ccc(C(=O)N2CCN(c3cccc(C(F)(F)F)c3)CC2)cc1.